The first-order valence-electron chi connectivity index (χ1n) is 10.9. The number of carbonyl (C=O) groups excluding carboxylic acids is 1. The first kappa shape index (κ1) is 19.9. The standard InChI is InChI=1S/C25H20F2N4O2/c26-16-5-3-15(4-6-16)14-31-20-13-21(29-10-7-28-8-11-29)18(27)12-17(20)24(32)22-23(31)19-2-1-9-30(19)25(22)33/h1-6,9,12-13,28H,7-8,10-11,14H2. The number of aromatic nitrogens is 2. The van der Waals surface area contributed by atoms with E-state index in [-0.39, 0.29) is 16.8 Å². The highest BCUT2D eigenvalue weighted by molar-refractivity contribution is 6.10. The molecule has 6 rings (SSSR count). The van der Waals surface area contributed by atoms with Crippen LogP contribution >= 0.6 is 0 Å². The zero-order valence-corrected chi connectivity index (χ0v) is 17.6. The van der Waals surface area contributed by atoms with E-state index in [1.54, 1.807) is 36.5 Å². The highest BCUT2D eigenvalue weighted by Gasteiger charge is 2.33. The molecule has 166 valence electrons. The van der Waals surface area contributed by atoms with E-state index < -0.39 is 17.2 Å². The Labute approximate surface area is 187 Å². The predicted molar refractivity (Wildman–Crippen MR) is 122 cm³/mol. The number of anilines is 1. The summed E-state index contributed by atoms with van der Waals surface area (Å²) in [7, 11) is 0. The van der Waals surface area contributed by atoms with E-state index in [0.717, 1.165) is 18.7 Å². The number of rotatable bonds is 3. The van der Waals surface area contributed by atoms with Crippen molar-refractivity contribution < 1.29 is 13.6 Å². The molecule has 0 aliphatic carbocycles. The van der Waals surface area contributed by atoms with Gasteiger partial charge in [-0.1, -0.05) is 12.1 Å². The molecule has 1 N–H and O–H groups in total. The molecular formula is C25H20F2N4O2. The zero-order valence-electron chi connectivity index (χ0n) is 17.6. The number of nitrogens with zero attached hydrogens (tertiary/aromatic N) is 3. The highest BCUT2D eigenvalue weighted by Crippen LogP contribution is 2.35. The number of hydrogen-bond acceptors (Lipinski definition) is 4. The van der Waals surface area contributed by atoms with Gasteiger partial charge in [0, 0.05) is 44.3 Å². The minimum absolute atomic E-state index is 0.0366. The molecule has 0 radical (unpaired) electrons. The van der Waals surface area contributed by atoms with Gasteiger partial charge in [-0.05, 0) is 42.0 Å². The van der Waals surface area contributed by atoms with Gasteiger partial charge < -0.3 is 14.8 Å². The molecule has 8 heteroatoms. The average molecular weight is 446 g/mol. The van der Waals surface area contributed by atoms with Gasteiger partial charge in [0.25, 0.3) is 5.91 Å². The van der Waals surface area contributed by atoms with Gasteiger partial charge in [0.1, 0.15) is 17.2 Å². The fraction of sp³-hybridized carbons (Fsp3) is 0.200. The lowest BCUT2D eigenvalue weighted by Gasteiger charge is -2.30. The molecule has 2 aliphatic heterocycles. The third kappa shape index (κ3) is 3.01. The van der Waals surface area contributed by atoms with Crippen LogP contribution in [0.4, 0.5) is 14.5 Å². The van der Waals surface area contributed by atoms with Gasteiger partial charge in [0.15, 0.2) is 0 Å². The monoisotopic (exact) mass is 446 g/mol. The molecule has 2 aromatic heterocycles. The van der Waals surface area contributed by atoms with Crippen molar-refractivity contribution in [1.82, 2.24) is 14.5 Å². The fourth-order valence-corrected chi connectivity index (χ4v) is 4.87. The Morgan fingerprint density at radius 1 is 0.970 bits per heavy atom. The Kier molecular flexibility index (Phi) is 4.45. The lowest BCUT2D eigenvalue weighted by atomic mass is 10.0. The summed E-state index contributed by atoms with van der Waals surface area (Å²) >= 11 is 0. The normalized spacial score (nSPS) is 15.2. The van der Waals surface area contributed by atoms with Crippen LogP contribution in [-0.4, -0.2) is 41.2 Å². The minimum atomic E-state index is -0.486. The maximum Gasteiger partial charge on any atom is 0.268 e. The van der Waals surface area contributed by atoms with Gasteiger partial charge in [0.2, 0.25) is 5.43 Å². The first-order chi connectivity index (χ1) is 16.0. The van der Waals surface area contributed by atoms with Crippen LogP contribution in [0, 0.1) is 11.6 Å². The van der Waals surface area contributed by atoms with Gasteiger partial charge in [0.05, 0.1) is 22.6 Å². The van der Waals surface area contributed by atoms with Crippen molar-refractivity contribution in [2.75, 3.05) is 31.1 Å². The molecule has 4 heterocycles. The molecule has 0 saturated carbocycles. The van der Waals surface area contributed by atoms with Gasteiger partial charge in [-0.15, -0.1) is 0 Å². The van der Waals surface area contributed by atoms with Crippen LogP contribution in [0.5, 0.6) is 0 Å². The Morgan fingerprint density at radius 2 is 1.73 bits per heavy atom. The van der Waals surface area contributed by atoms with E-state index in [1.807, 2.05) is 9.47 Å². The number of carbonyl (C=O) groups is 1. The van der Waals surface area contributed by atoms with Crippen LogP contribution < -0.4 is 15.6 Å². The van der Waals surface area contributed by atoms with Crippen molar-refractivity contribution in [2.45, 2.75) is 6.54 Å². The molecule has 0 bridgehead atoms. The molecule has 1 fully saturated rings. The van der Waals surface area contributed by atoms with E-state index in [9.17, 15) is 14.0 Å². The number of piperazine rings is 1. The van der Waals surface area contributed by atoms with Crippen LogP contribution in [-0.2, 0) is 6.54 Å². The summed E-state index contributed by atoms with van der Waals surface area (Å²) < 4.78 is 32.0. The second-order valence-corrected chi connectivity index (χ2v) is 8.39. The maximum absolute atomic E-state index is 15.2. The lowest BCUT2D eigenvalue weighted by Crippen LogP contribution is -2.43. The van der Waals surface area contributed by atoms with E-state index in [0.29, 0.717) is 42.2 Å². The van der Waals surface area contributed by atoms with Crippen molar-refractivity contribution in [1.29, 1.82) is 0 Å². The second kappa shape index (κ2) is 7.38. The number of fused-ring (bicyclic) bond motifs is 4. The Hall–Kier alpha value is -3.78. The molecule has 6 nitrogen and oxygen atoms in total. The largest absolute Gasteiger partial charge is 0.367 e. The SMILES string of the molecule is O=C1c2c(n(Cc3ccc(F)cc3)c3cc(N4CCNCC4)c(F)cc3c2=O)-c2cccn21. The summed E-state index contributed by atoms with van der Waals surface area (Å²) in [5.74, 6) is -1.25. The van der Waals surface area contributed by atoms with Crippen LogP contribution in [0.1, 0.15) is 15.9 Å². The Morgan fingerprint density at radius 3 is 2.48 bits per heavy atom. The number of nitrogens with one attached hydrogen (secondary N) is 1. The topological polar surface area (TPSA) is 59.3 Å². The summed E-state index contributed by atoms with van der Waals surface area (Å²) in [6.45, 7) is 3.08. The van der Waals surface area contributed by atoms with Crippen LogP contribution in [0.25, 0.3) is 22.3 Å². The highest BCUT2D eigenvalue weighted by atomic mass is 19.1. The third-order valence-electron chi connectivity index (χ3n) is 6.47. The maximum atomic E-state index is 15.2. The van der Waals surface area contributed by atoms with Gasteiger partial charge in [-0.3, -0.25) is 14.2 Å². The van der Waals surface area contributed by atoms with Crippen LogP contribution in [0.3, 0.4) is 0 Å². The Balaban J connectivity index is 1.65. The number of pyridine rings is 1. The Bertz CT molecular complexity index is 1480. The quantitative estimate of drug-likeness (QED) is 0.463. The van der Waals surface area contributed by atoms with Crippen molar-refractivity contribution in [3.63, 3.8) is 0 Å². The van der Waals surface area contributed by atoms with Gasteiger partial charge >= 0.3 is 0 Å². The summed E-state index contributed by atoms with van der Waals surface area (Å²) in [6.07, 6.45) is 1.62. The third-order valence-corrected chi connectivity index (χ3v) is 6.47. The average Bonchev–Trinajstić information content (AvgIpc) is 3.41. The first-order valence-corrected chi connectivity index (χ1v) is 10.9. The van der Waals surface area contributed by atoms with Crippen molar-refractivity contribution >= 4 is 22.5 Å². The van der Waals surface area contributed by atoms with E-state index >= 15 is 4.39 Å². The zero-order chi connectivity index (χ0) is 22.7. The molecule has 0 spiro atoms. The van der Waals surface area contributed by atoms with Crippen molar-refractivity contribution in [2.24, 2.45) is 0 Å². The number of halogens is 2. The molecule has 0 unspecified atom stereocenters. The molecule has 0 atom stereocenters. The summed E-state index contributed by atoms with van der Waals surface area (Å²) in [5.41, 5.74) is 2.45. The van der Waals surface area contributed by atoms with Crippen LogP contribution in [0.2, 0.25) is 0 Å². The molecule has 1 saturated heterocycles. The second-order valence-electron chi connectivity index (χ2n) is 8.39. The van der Waals surface area contributed by atoms with Gasteiger partial charge in [-0.2, -0.15) is 0 Å². The van der Waals surface area contributed by atoms with Crippen LogP contribution in [0.15, 0.2) is 59.5 Å². The molecule has 0 amide bonds. The van der Waals surface area contributed by atoms with Gasteiger partial charge in [-0.25, -0.2) is 8.78 Å². The van der Waals surface area contributed by atoms with E-state index in [2.05, 4.69) is 5.32 Å². The molecular weight excluding hydrogens is 426 g/mol. The molecule has 4 aromatic rings. The van der Waals surface area contributed by atoms with Crippen molar-refractivity contribution in [3.05, 3.63) is 87.7 Å². The summed E-state index contributed by atoms with van der Waals surface area (Å²) in [5, 5.41) is 3.41. The lowest BCUT2D eigenvalue weighted by molar-refractivity contribution is 0.0968. The number of hydrogen-bond donors (Lipinski definition) is 1. The minimum Gasteiger partial charge on any atom is -0.367 e. The number of benzene rings is 2. The molecule has 2 aromatic carbocycles. The smallest absolute Gasteiger partial charge is 0.268 e. The fourth-order valence-electron chi connectivity index (χ4n) is 4.87. The van der Waals surface area contributed by atoms with E-state index in [4.69, 9.17) is 0 Å². The summed E-state index contributed by atoms with van der Waals surface area (Å²) in [4.78, 5) is 28.4. The van der Waals surface area contributed by atoms with E-state index in [1.165, 1.54) is 22.8 Å². The van der Waals surface area contributed by atoms with Crippen molar-refractivity contribution in [3.8, 4) is 11.4 Å². The summed E-state index contributed by atoms with van der Waals surface area (Å²) in [6, 6.07) is 12.6. The molecule has 2 aliphatic rings. The molecule has 33 heavy (non-hydrogen) atoms. The predicted octanol–water partition coefficient (Wildman–Crippen LogP) is 3.21.